The van der Waals surface area contributed by atoms with Gasteiger partial charge in [0.25, 0.3) is 5.91 Å². The third-order valence-electron chi connectivity index (χ3n) is 3.94. The van der Waals surface area contributed by atoms with Crippen LogP contribution in [0.3, 0.4) is 0 Å². The van der Waals surface area contributed by atoms with E-state index >= 15 is 0 Å². The highest BCUT2D eigenvalue weighted by molar-refractivity contribution is 7.15. The third kappa shape index (κ3) is 4.46. The first-order valence-electron chi connectivity index (χ1n) is 7.98. The predicted octanol–water partition coefficient (Wildman–Crippen LogP) is 2.64. The Labute approximate surface area is 145 Å². The summed E-state index contributed by atoms with van der Waals surface area (Å²) in [7, 11) is 1.61. The number of aromatic nitrogens is 1. The van der Waals surface area contributed by atoms with Crippen LogP contribution < -0.4 is 20.1 Å². The van der Waals surface area contributed by atoms with E-state index < -0.39 is 0 Å². The van der Waals surface area contributed by atoms with Gasteiger partial charge in [-0.1, -0.05) is 0 Å². The number of carbonyl (C=O) groups excluding carboxylic acids is 1. The topological polar surface area (TPSA) is 72.5 Å². The summed E-state index contributed by atoms with van der Waals surface area (Å²) in [4.78, 5) is 17.5. The summed E-state index contributed by atoms with van der Waals surface area (Å²) in [5, 5.41) is 6.78. The van der Waals surface area contributed by atoms with Crippen LogP contribution in [0.1, 0.15) is 23.6 Å². The lowest BCUT2D eigenvalue weighted by molar-refractivity contribution is -0.118. The van der Waals surface area contributed by atoms with Crippen LogP contribution in [0.5, 0.6) is 11.5 Å². The molecule has 24 heavy (non-hydrogen) atoms. The van der Waals surface area contributed by atoms with Crippen LogP contribution in [-0.4, -0.2) is 37.7 Å². The van der Waals surface area contributed by atoms with E-state index in [1.165, 1.54) is 4.88 Å². The smallest absolute Gasteiger partial charge is 0.264 e. The molecule has 7 heteroatoms. The highest BCUT2D eigenvalue weighted by Gasteiger charge is 2.18. The van der Waals surface area contributed by atoms with E-state index in [0.717, 1.165) is 31.7 Å². The highest BCUT2D eigenvalue weighted by Crippen LogP contribution is 2.31. The summed E-state index contributed by atoms with van der Waals surface area (Å²) in [5.41, 5.74) is 0. The van der Waals surface area contributed by atoms with Crippen molar-refractivity contribution in [1.29, 1.82) is 0 Å². The van der Waals surface area contributed by atoms with Gasteiger partial charge in [0.1, 0.15) is 11.5 Å². The molecule has 1 amide bonds. The number of ether oxygens (including phenoxy) is 2. The van der Waals surface area contributed by atoms with Crippen LogP contribution in [0.25, 0.3) is 0 Å². The lowest BCUT2D eigenvalue weighted by Gasteiger charge is -2.20. The number of anilines is 1. The largest absolute Gasteiger partial charge is 0.497 e. The minimum Gasteiger partial charge on any atom is -0.497 e. The number of carbonyl (C=O) groups is 1. The number of benzene rings is 1. The summed E-state index contributed by atoms with van der Waals surface area (Å²) in [5.74, 6) is 1.71. The van der Waals surface area contributed by atoms with Crippen LogP contribution in [0.2, 0.25) is 0 Å². The van der Waals surface area contributed by atoms with Crippen molar-refractivity contribution in [2.45, 2.75) is 18.8 Å². The number of thiazole rings is 1. The summed E-state index contributed by atoms with van der Waals surface area (Å²) in [6.07, 6.45) is 4.12. The van der Waals surface area contributed by atoms with Crippen LogP contribution in [0.4, 0.5) is 5.13 Å². The first kappa shape index (κ1) is 16.7. The summed E-state index contributed by atoms with van der Waals surface area (Å²) in [6.45, 7) is 2.04. The minimum absolute atomic E-state index is 0.0470. The molecule has 0 saturated carbocycles. The van der Waals surface area contributed by atoms with Gasteiger partial charge in [-0.2, -0.15) is 0 Å². The number of amides is 1. The summed E-state index contributed by atoms with van der Waals surface area (Å²) < 4.78 is 10.5. The molecule has 1 aromatic carbocycles. The van der Waals surface area contributed by atoms with Crippen LogP contribution in [0, 0.1) is 0 Å². The number of hydrogen-bond donors (Lipinski definition) is 2. The third-order valence-corrected chi connectivity index (χ3v) is 5.02. The molecule has 128 valence electrons. The van der Waals surface area contributed by atoms with E-state index in [9.17, 15) is 4.79 Å². The Morgan fingerprint density at radius 2 is 2.00 bits per heavy atom. The molecule has 0 spiro atoms. The Hall–Kier alpha value is -2.12. The van der Waals surface area contributed by atoms with E-state index in [1.807, 2.05) is 6.20 Å². The molecule has 0 unspecified atom stereocenters. The van der Waals surface area contributed by atoms with Crippen LogP contribution in [-0.2, 0) is 4.79 Å². The van der Waals surface area contributed by atoms with Gasteiger partial charge in [0.15, 0.2) is 11.7 Å². The molecule has 2 aromatic rings. The van der Waals surface area contributed by atoms with Gasteiger partial charge in [0, 0.05) is 11.1 Å². The van der Waals surface area contributed by atoms with Crippen molar-refractivity contribution in [2.24, 2.45) is 0 Å². The van der Waals surface area contributed by atoms with E-state index in [4.69, 9.17) is 9.47 Å². The van der Waals surface area contributed by atoms with E-state index in [2.05, 4.69) is 15.6 Å². The first-order chi connectivity index (χ1) is 11.7. The number of nitrogens with zero attached hydrogens (tertiary/aromatic N) is 1. The minimum atomic E-state index is -0.211. The molecule has 1 fully saturated rings. The van der Waals surface area contributed by atoms with Crippen molar-refractivity contribution >= 4 is 22.4 Å². The monoisotopic (exact) mass is 347 g/mol. The average Bonchev–Trinajstić information content (AvgIpc) is 3.09. The second kappa shape index (κ2) is 8.12. The molecule has 0 radical (unpaired) electrons. The Morgan fingerprint density at radius 1 is 1.29 bits per heavy atom. The van der Waals surface area contributed by atoms with Crippen molar-refractivity contribution < 1.29 is 14.3 Å². The number of piperidine rings is 1. The molecule has 2 heterocycles. The normalized spacial score (nSPS) is 15.0. The van der Waals surface area contributed by atoms with Crippen LogP contribution >= 0.6 is 11.3 Å². The maximum Gasteiger partial charge on any atom is 0.264 e. The standard InChI is InChI=1S/C17H21N3O3S/c1-22-13-2-4-14(5-3-13)23-11-16(21)20-17-19-10-15(24-17)12-6-8-18-9-7-12/h2-5,10,12,18H,6-9,11H2,1H3,(H,19,20,21). The van der Waals surface area contributed by atoms with Gasteiger partial charge in [-0.05, 0) is 56.1 Å². The van der Waals surface area contributed by atoms with E-state index in [0.29, 0.717) is 16.8 Å². The van der Waals surface area contributed by atoms with Gasteiger partial charge in [0.2, 0.25) is 0 Å². The van der Waals surface area contributed by atoms with Gasteiger partial charge in [-0.15, -0.1) is 11.3 Å². The average molecular weight is 347 g/mol. The molecule has 0 atom stereocenters. The van der Waals surface area contributed by atoms with Crippen molar-refractivity contribution in [3.05, 3.63) is 35.3 Å². The Bertz CT molecular complexity index is 666. The van der Waals surface area contributed by atoms with Gasteiger partial charge in [-0.3, -0.25) is 10.1 Å². The van der Waals surface area contributed by atoms with Gasteiger partial charge in [0.05, 0.1) is 7.11 Å². The number of nitrogens with one attached hydrogen (secondary N) is 2. The number of hydrogen-bond acceptors (Lipinski definition) is 6. The second-order valence-corrected chi connectivity index (χ2v) is 6.67. The van der Waals surface area contributed by atoms with E-state index in [-0.39, 0.29) is 12.5 Å². The fourth-order valence-electron chi connectivity index (χ4n) is 2.62. The van der Waals surface area contributed by atoms with E-state index in [1.54, 1.807) is 42.7 Å². The number of methoxy groups -OCH3 is 1. The van der Waals surface area contributed by atoms with Crippen molar-refractivity contribution in [3.63, 3.8) is 0 Å². The maximum atomic E-state index is 12.0. The Balaban J connectivity index is 1.48. The van der Waals surface area contributed by atoms with Crippen molar-refractivity contribution in [1.82, 2.24) is 10.3 Å². The van der Waals surface area contributed by atoms with Gasteiger partial charge in [-0.25, -0.2) is 4.98 Å². The molecule has 0 bridgehead atoms. The maximum absolute atomic E-state index is 12.0. The molecule has 2 N–H and O–H groups in total. The fourth-order valence-corrected chi connectivity index (χ4v) is 3.62. The van der Waals surface area contributed by atoms with Gasteiger partial charge < -0.3 is 14.8 Å². The predicted molar refractivity (Wildman–Crippen MR) is 94.1 cm³/mol. The Morgan fingerprint density at radius 3 is 2.71 bits per heavy atom. The second-order valence-electron chi connectivity index (χ2n) is 5.60. The summed E-state index contributed by atoms with van der Waals surface area (Å²) >= 11 is 1.55. The fraction of sp³-hybridized carbons (Fsp3) is 0.412. The Kier molecular flexibility index (Phi) is 5.66. The first-order valence-corrected chi connectivity index (χ1v) is 8.79. The molecule has 1 saturated heterocycles. The molecule has 1 aliphatic rings. The quantitative estimate of drug-likeness (QED) is 0.840. The SMILES string of the molecule is COc1ccc(OCC(=O)Nc2ncc(C3CCNCC3)s2)cc1. The zero-order valence-corrected chi connectivity index (χ0v) is 14.4. The van der Waals surface area contributed by atoms with Crippen LogP contribution in [0.15, 0.2) is 30.5 Å². The molecule has 3 rings (SSSR count). The highest BCUT2D eigenvalue weighted by atomic mass is 32.1. The zero-order chi connectivity index (χ0) is 16.8. The molecular formula is C17H21N3O3S. The lowest BCUT2D eigenvalue weighted by Crippen LogP contribution is -2.26. The zero-order valence-electron chi connectivity index (χ0n) is 13.6. The molecular weight excluding hydrogens is 326 g/mol. The summed E-state index contributed by atoms with van der Waals surface area (Å²) in [6, 6.07) is 7.12. The lowest BCUT2D eigenvalue weighted by atomic mass is 9.97. The van der Waals surface area contributed by atoms with Gasteiger partial charge >= 0.3 is 0 Å². The number of rotatable bonds is 6. The molecule has 1 aromatic heterocycles. The molecule has 1 aliphatic heterocycles. The molecule has 6 nitrogen and oxygen atoms in total. The van der Waals surface area contributed by atoms with Crippen molar-refractivity contribution in [2.75, 3.05) is 32.1 Å². The van der Waals surface area contributed by atoms with Crippen molar-refractivity contribution in [3.8, 4) is 11.5 Å². The molecule has 0 aliphatic carbocycles.